The first-order chi connectivity index (χ1) is 18.2. The van der Waals surface area contributed by atoms with Crippen LogP contribution in [0.1, 0.15) is 0 Å². The zero-order chi connectivity index (χ0) is 23.6. The number of fused-ring (bicyclic) bond motifs is 6. The molecule has 4 aromatic carbocycles. The van der Waals surface area contributed by atoms with Gasteiger partial charge in [-0.2, -0.15) is 0 Å². The van der Waals surface area contributed by atoms with Gasteiger partial charge in [0.25, 0.3) is 0 Å². The maximum absolute atomic E-state index is 4.63. The molecule has 5 aromatic rings. The molecular weight excluding hydrogens is 476 g/mol. The number of rotatable bonds is 4. The van der Waals surface area contributed by atoms with E-state index in [1.807, 2.05) is 0 Å². The Labute approximate surface area is 220 Å². The van der Waals surface area contributed by atoms with E-state index in [9.17, 15) is 0 Å². The summed E-state index contributed by atoms with van der Waals surface area (Å²) in [4.78, 5) is 4.63. The van der Waals surface area contributed by atoms with E-state index < -0.39 is 12.7 Å². The number of nitrogens with one attached hydrogen (secondary N) is 1. The van der Waals surface area contributed by atoms with E-state index in [1.54, 1.807) is 5.30 Å². The minimum absolute atomic E-state index is 0.267. The number of hydrogen-bond acceptors (Lipinski definition) is 1. The second-order valence-electron chi connectivity index (χ2n) is 13.0. The van der Waals surface area contributed by atoms with Crippen molar-refractivity contribution in [2.24, 2.45) is 0 Å². The van der Waals surface area contributed by atoms with Gasteiger partial charge in [0, 0.05) is 0 Å². The molecule has 8 aliphatic rings. The molecule has 8 aliphatic heterocycles. The van der Waals surface area contributed by atoms with Crippen molar-refractivity contribution < 1.29 is 0 Å². The van der Waals surface area contributed by atoms with Crippen molar-refractivity contribution in [2.45, 2.75) is 0 Å². The fourth-order valence-electron chi connectivity index (χ4n) is 9.77. The number of aromatic nitrogens is 1. The van der Waals surface area contributed by atoms with Crippen molar-refractivity contribution in [3.05, 3.63) is 91.0 Å². The van der Waals surface area contributed by atoms with Gasteiger partial charge >= 0.3 is 221 Å². The fourth-order valence-corrected chi connectivity index (χ4v) is 29.0. The molecule has 0 saturated carbocycles. The summed E-state index contributed by atoms with van der Waals surface area (Å²) < 4.78 is 2.52. The van der Waals surface area contributed by atoms with E-state index in [1.165, 1.54) is 43.9 Å². The Morgan fingerprint density at radius 3 is 2.32 bits per heavy atom. The second-order valence-corrected chi connectivity index (χ2v) is 23.4. The fraction of sp³-hybridized carbons (Fsp3) is 0. The molecule has 0 unspecified atom stereocenters. The van der Waals surface area contributed by atoms with Crippen LogP contribution in [0.25, 0.3) is 27.5 Å². The summed E-state index contributed by atoms with van der Waals surface area (Å²) in [5.41, 5.74) is 8.40. The van der Waals surface area contributed by atoms with E-state index in [4.69, 9.17) is 0 Å². The molecule has 37 heavy (non-hydrogen) atoms. The molecule has 161 valence electrons. The number of para-hydroxylation sites is 3. The molecule has 7 saturated heterocycles. The summed E-state index contributed by atoms with van der Waals surface area (Å²) in [5.74, 6) is 0. The van der Waals surface area contributed by atoms with Crippen molar-refractivity contribution in [2.75, 3.05) is 0 Å². The Bertz CT molecular complexity index is 1990. The number of benzene rings is 4. The van der Waals surface area contributed by atoms with Gasteiger partial charge < -0.3 is 0 Å². The van der Waals surface area contributed by atoms with Crippen LogP contribution in [0.15, 0.2) is 91.0 Å². The van der Waals surface area contributed by atoms with Gasteiger partial charge in [0.05, 0.1) is 0 Å². The van der Waals surface area contributed by atoms with Crippen LogP contribution in [-0.4, -0.2) is 63.2 Å². The minimum atomic E-state index is -1.89. The van der Waals surface area contributed by atoms with Crippen molar-refractivity contribution in [1.82, 2.24) is 9.42 Å². The van der Waals surface area contributed by atoms with Crippen LogP contribution in [0.3, 0.4) is 0 Å². The average molecular weight is 492 g/mol. The molecule has 1 spiro atoms. The third-order valence-electron chi connectivity index (χ3n) is 12.0. The predicted octanol–water partition coefficient (Wildman–Crippen LogP) is 0.968. The Balaban J connectivity index is 1.11. The Morgan fingerprint density at radius 1 is 0.784 bits per heavy atom. The van der Waals surface area contributed by atoms with Crippen LogP contribution < -0.4 is 26.6 Å². The van der Waals surface area contributed by atoms with Gasteiger partial charge in [0.2, 0.25) is 0 Å². The molecule has 2 bridgehead atoms. The summed E-state index contributed by atoms with van der Waals surface area (Å²) in [6.45, 7) is 5.75. The molecular formula is C24H16B9N2P2-2. The van der Waals surface area contributed by atoms with Gasteiger partial charge in [-0.25, -0.2) is 0 Å². The van der Waals surface area contributed by atoms with Gasteiger partial charge in [-0.1, -0.05) is 0 Å². The normalized spacial score (nSPS) is 26.8. The van der Waals surface area contributed by atoms with Crippen LogP contribution in [0, 0.1) is 0 Å². The Morgan fingerprint density at radius 2 is 1.54 bits per heavy atom. The van der Waals surface area contributed by atoms with Gasteiger partial charge in [0.15, 0.2) is 0 Å². The van der Waals surface area contributed by atoms with Crippen molar-refractivity contribution >= 4 is 115 Å². The predicted molar refractivity (Wildman–Crippen MR) is 175 cm³/mol. The van der Waals surface area contributed by atoms with E-state index in [2.05, 4.69) is 121 Å². The quantitative estimate of drug-likeness (QED) is 0.287. The van der Waals surface area contributed by atoms with E-state index in [0.29, 0.717) is 0 Å². The average Bonchev–Trinajstić information content (AvgIpc) is 3.87. The standard InChI is InChI=1S/C24H16B9N2P2/c1-3-13-22-18(9-1)19-10-6-12-21-24(19)35(22)23-14-4-2-11-20(23)28(21)16-7-5-8-17(15-16)36(29-25-30(36)33(29)36)34-37-26-31(37)32(37)27-37/h1-15,34H/q-2. The summed E-state index contributed by atoms with van der Waals surface area (Å²) >= 11 is 0. The van der Waals surface area contributed by atoms with Gasteiger partial charge in [-0.05, 0) is 0 Å². The zero-order valence-electron chi connectivity index (χ0n) is 20.2. The Hall–Kier alpha value is -1.92. The maximum atomic E-state index is 4.63. The number of hydrogen-bond donors (Lipinski definition) is 1. The summed E-state index contributed by atoms with van der Waals surface area (Å²) in [6, 6.07) is 35.0. The monoisotopic (exact) mass is 493 g/mol. The van der Waals surface area contributed by atoms with Crippen LogP contribution in [0.4, 0.5) is 0 Å². The van der Waals surface area contributed by atoms with Crippen LogP contribution in [0.5, 0.6) is 0 Å². The first-order valence-corrected chi connectivity index (χ1v) is 18.8. The third kappa shape index (κ3) is 1.64. The van der Waals surface area contributed by atoms with Gasteiger partial charge in [-0.15, -0.1) is 0 Å². The molecule has 0 amide bonds. The molecule has 13 heteroatoms. The second kappa shape index (κ2) is 5.15. The molecule has 9 heterocycles. The molecule has 13 rings (SSSR count). The third-order valence-corrected chi connectivity index (χ3v) is 26.4. The molecule has 5 radical (unpaired) electrons. The van der Waals surface area contributed by atoms with Crippen LogP contribution in [0.2, 0.25) is 0 Å². The summed E-state index contributed by atoms with van der Waals surface area (Å²) in [5, 5.41) is 4.43. The molecule has 7 fully saturated rings. The van der Waals surface area contributed by atoms with Crippen molar-refractivity contribution in [3.8, 4) is 5.69 Å². The molecule has 0 aliphatic carbocycles. The summed E-state index contributed by atoms with van der Waals surface area (Å²) in [7, 11) is 2.69. The molecule has 1 aromatic heterocycles. The topological polar surface area (TPSA) is 17.0 Å². The number of nitrogens with zero attached hydrogens (tertiary/aromatic N) is 1. The van der Waals surface area contributed by atoms with Gasteiger partial charge in [-0.3, -0.25) is 0 Å². The molecule has 0 atom stereocenters. The summed E-state index contributed by atoms with van der Waals surface area (Å²) in [6.07, 6.45) is 1.35. The zero-order valence-corrected chi connectivity index (χ0v) is 22.0. The van der Waals surface area contributed by atoms with Crippen molar-refractivity contribution in [3.63, 3.8) is 0 Å². The van der Waals surface area contributed by atoms with Crippen LogP contribution in [-0.2, 0) is 0 Å². The first kappa shape index (κ1) is 19.2. The molecule has 1 N–H and O–H groups in total. The first-order valence-electron chi connectivity index (χ1n) is 13.8. The SMILES string of the molecule is [B]1B2B3[B-]P123NP12(c3cccc(B4c5ccccc5-n5c6ccccc6c6cccc4c65)c3)B3[B-]B1B32. The molecule has 2 nitrogen and oxygen atoms in total. The van der Waals surface area contributed by atoms with E-state index >= 15 is 0 Å². The van der Waals surface area contributed by atoms with Gasteiger partial charge in [0.1, 0.15) is 0 Å². The van der Waals surface area contributed by atoms with E-state index in [-0.39, 0.29) is 6.71 Å². The van der Waals surface area contributed by atoms with Crippen LogP contribution >= 0.6 is 12.7 Å². The van der Waals surface area contributed by atoms with E-state index in [0.717, 1.165) is 31.1 Å². The Kier molecular flexibility index (Phi) is 2.67. The van der Waals surface area contributed by atoms with Crippen molar-refractivity contribution in [1.29, 1.82) is 0 Å².